The third-order valence-electron chi connectivity index (χ3n) is 3.63. The zero-order chi connectivity index (χ0) is 19.3. The van der Waals surface area contributed by atoms with Crippen LogP contribution in [-0.2, 0) is 21.4 Å². The van der Waals surface area contributed by atoms with Crippen LogP contribution in [0.3, 0.4) is 0 Å². The van der Waals surface area contributed by atoms with Crippen molar-refractivity contribution in [3.8, 4) is 0 Å². The molecule has 9 nitrogen and oxygen atoms in total. The first-order valence-corrected chi connectivity index (χ1v) is 7.67. The Morgan fingerprint density at radius 2 is 1.96 bits per heavy atom. The van der Waals surface area contributed by atoms with Crippen LogP contribution in [0.5, 0.6) is 0 Å². The van der Waals surface area contributed by atoms with Gasteiger partial charge in [-0.1, -0.05) is 0 Å². The van der Waals surface area contributed by atoms with Gasteiger partial charge in [-0.05, 0) is 37.6 Å². The smallest absolute Gasteiger partial charge is 0.331 e. The molecule has 0 aliphatic rings. The van der Waals surface area contributed by atoms with Gasteiger partial charge in [0.25, 0.3) is 11.6 Å². The van der Waals surface area contributed by atoms with E-state index < -0.39 is 23.4 Å². The van der Waals surface area contributed by atoms with Gasteiger partial charge < -0.3 is 10.1 Å². The lowest BCUT2D eigenvalue weighted by atomic mass is 10.2. The van der Waals surface area contributed by atoms with E-state index in [1.54, 1.807) is 18.7 Å². The molecule has 26 heavy (non-hydrogen) atoms. The van der Waals surface area contributed by atoms with Gasteiger partial charge in [0.1, 0.15) is 0 Å². The highest BCUT2D eigenvalue weighted by atomic mass is 16.6. The molecule has 1 aromatic carbocycles. The fourth-order valence-electron chi connectivity index (χ4n) is 2.19. The minimum Gasteiger partial charge on any atom is -0.452 e. The van der Waals surface area contributed by atoms with E-state index in [4.69, 9.17) is 4.74 Å². The standard InChI is InChI=1S/C17H18N4O5/c1-11-17(12(2)20(3)19-11)18-15(22)10-26-16(23)9-6-13-4-7-14(8-5-13)21(24)25/h4-9H,10H2,1-3H3,(H,18,22)/b9-6+. The second kappa shape index (κ2) is 8.06. The van der Waals surface area contributed by atoms with Crippen LogP contribution in [0.15, 0.2) is 30.3 Å². The number of anilines is 1. The van der Waals surface area contributed by atoms with Crippen molar-refractivity contribution in [1.82, 2.24) is 9.78 Å². The number of carbonyl (C=O) groups is 2. The molecule has 2 rings (SSSR count). The Bertz CT molecular complexity index is 868. The molecular weight excluding hydrogens is 340 g/mol. The Morgan fingerprint density at radius 1 is 1.31 bits per heavy atom. The lowest BCUT2D eigenvalue weighted by molar-refractivity contribution is -0.384. The third kappa shape index (κ3) is 4.76. The second-order valence-corrected chi connectivity index (χ2v) is 5.51. The molecule has 1 N–H and O–H groups in total. The summed E-state index contributed by atoms with van der Waals surface area (Å²) in [5, 5.41) is 17.4. The molecule has 0 radical (unpaired) electrons. The van der Waals surface area contributed by atoms with Gasteiger partial charge in [0.15, 0.2) is 6.61 Å². The number of hydrogen-bond acceptors (Lipinski definition) is 6. The van der Waals surface area contributed by atoms with Crippen molar-refractivity contribution in [1.29, 1.82) is 0 Å². The summed E-state index contributed by atoms with van der Waals surface area (Å²) in [6.07, 6.45) is 2.59. The topological polar surface area (TPSA) is 116 Å². The Morgan fingerprint density at radius 3 is 2.50 bits per heavy atom. The van der Waals surface area contributed by atoms with Crippen molar-refractivity contribution in [3.05, 3.63) is 57.4 Å². The molecule has 1 amide bonds. The van der Waals surface area contributed by atoms with E-state index in [9.17, 15) is 19.7 Å². The van der Waals surface area contributed by atoms with E-state index in [1.807, 2.05) is 6.92 Å². The molecule has 136 valence electrons. The summed E-state index contributed by atoms with van der Waals surface area (Å²) in [5.74, 6) is -1.17. The molecule has 2 aromatic rings. The minimum absolute atomic E-state index is 0.0395. The van der Waals surface area contributed by atoms with Gasteiger partial charge >= 0.3 is 5.97 Å². The van der Waals surface area contributed by atoms with E-state index >= 15 is 0 Å². The van der Waals surface area contributed by atoms with Crippen molar-refractivity contribution in [2.45, 2.75) is 13.8 Å². The monoisotopic (exact) mass is 358 g/mol. The fourth-order valence-corrected chi connectivity index (χ4v) is 2.19. The van der Waals surface area contributed by atoms with Gasteiger partial charge in [-0.15, -0.1) is 0 Å². The van der Waals surface area contributed by atoms with E-state index in [2.05, 4.69) is 10.4 Å². The first-order valence-electron chi connectivity index (χ1n) is 7.67. The maximum atomic E-state index is 11.9. The van der Waals surface area contributed by atoms with Crippen molar-refractivity contribution in [3.63, 3.8) is 0 Å². The van der Waals surface area contributed by atoms with Gasteiger partial charge in [-0.2, -0.15) is 5.10 Å². The van der Waals surface area contributed by atoms with Crippen LogP contribution in [-0.4, -0.2) is 33.2 Å². The lowest BCUT2D eigenvalue weighted by Gasteiger charge is -2.05. The number of nitro groups is 1. The number of aryl methyl sites for hydroxylation is 2. The molecule has 0 aliphatic carbocycles. The van der Waals surface area contributed by atoms with Gasteiger partial charge in [-0.3, -0.25) is 19.6 Å². The number of carbonyl (C=O) groups excluding carboxylic acids is 2. The summed E-state index contributed by atoms with van der Waals surface area (Å²) >= 11 is 0. The van der Waals surface area contributed by atoms with Crippen LogP contribution in [0, 0.1) is 24.0 Å². The summed E-state index contributed by atoms with van der Waals surface area (Å²) in [7, 11) is 1.76. The number of benzene rings is 1. The highest BCUT2D eigenvalue weighted by Crippen LogP contribution is 2.18. The highest BCUT2D eigenvalue weighted by molar-refractivity contribution is 5.95. The quantitative estimate of drug-likeness (QED) is 0.366. The Balaban J connectivity index is 1.86. The molecule has 0 saturated carbocycles. The Labute approximate surface area is 149 Å². The van der Waals surface area contributed by atoms with E-state index in [0.717, 1.165) is 11.8 Å². The Kier molecular flexibility index (Phi) is 5.84. The largest absolute Gasteiger partial charge is 0.452 e. The number of nitrogens with one attached hydrogen (secondary N) is 1. The molecule has 1 aromatic heterocycles. The van der Waals surface area contributed by atoms with Crippen molar-refractivity contribution < 1.29 is 19.2 Å². The summed E-state index contributed by atoms with van der Waals surface area (Å²) in [4.78, 5) is 33.6. The van der Waals surface area contributed by atoms with Crippen LogP contribution in [0.25, 0.3) is 6.08 Å². The molecule has 1 heterocycles. The van der Waals surface area contributed by atoms with Gasteiger partial charge in [-0.25, -0.2) is 4.79 Å². The molecule has 0 unspecified atom stereocenters. The number of nitrogens with zero attached hydrogens (tertiary/aromatic N) is 3. The minimum atomic E-state index is -0.696. The zero-order valence-electron chi connectivity index (χ0n) is 14.6. The number of nitro benzene ring substituents is 1. The average Bonchev–Trinajstić information content (AvgIpc) is 2.84. The SMILES string of the molecule is Cc1nn(C)c(C)c1NC(=O)COC(=O)/C=C/c1ccc([N+](=O)[O-])cc1. The van der Waals surface area contributed by atoms with Crippen LogP contribution >= 0.6 is 0 Å². The molecule has 0 aliphatic heterocycles. The summed E-state index contributed by atoms with van der Waals surface area (Å²) in [5.41, 5.74) is 2.61. The first-order chi connectivity index (χ1) is 12.3. The molecular formula is C17H18N4O5. The first kappa shape index (κ1) is 18.8. The second-order valence-electron chi connectivity index (χ2n) is 5.51. The van der Waals surface area contributed by atoms with Crippen molar-refractivity contribution in [2.75, 3.05) is 11.9 Å². The van der Waals surface area contributed by atoms with Crippen LogP contribution in [0.2, 0.25) is 0 Å². The van der Waals surface area contributed by atoms with E-state index in [1.165, 1.54) is 30.3 Å². The number of aromatic nitrogens is 2. The number of non-ortho nitro benzene ring substituents is 1. The Hall–Kier alpha value is -3.49. The van der Waals surface area contributed by atoms with Crippen molar-refractivity contribution in [2.24, 2.45) is 7.05 Å². The lowest BCUT2D eigenvalue weighted by Crippen LogP contribution is -2.20. The van der Waals surface area contributed by atoms with E-state index in [-0.39, 0.29) is 5.69 Å². The molecule has 0 atom stereocenters. The van der Waals surface area contributed by atoms with Gasteiger partial charge in [0, 0.05) is 25.3 Å². The normalized spacial score (nSPS) is 10.7. The molecule has 0 spiro atoms. The predicted molar refractivity (Wildman–Crippen MR) is 94.4 cm³/mol. The highest BCUT2D eigenvalue weighted by Gasteiger charge is 2.13. The summed E-state index contributed by atoms with van der Waals surface area (Å²) in [6.45, 7) is 3.15. The number of hydrogen-bond donors (Lipinski definition) is 1. The van der Waals surface area contributed by atoms with Crippen LogP contribution in [0.4, 0.5) is 11.4 Å². The number of amides is 1. The maximum Gasteiger partial charge on any atom is 0.331 e. The van der Waals surface area contributed by atoms with Gasteiger partial charge in [0.2, 0.25) is 0 Å². The number of ether oxygens (including phenoxy) is 1. The number of esters is 1. The average molecular weight is 358 g/mol. The number of rotatable bonds is 6. The molecule has 0 saturated heterocycles. The van der Waals surface area contributed by atoms with Crippen LogP contribution < -0.4 is 5.32 Å². The third-order valence-corrected chi connectivity index (χ3v) is 3.63. The van der Waals surface area contributed by atoms with E-state index in [0.29, 0.717) is 16.9 Å². The molecule has 9 heteroatoms. The summed E-state index contributed by atoms with van der Waals surface area (Å²) < 4.78 is 6.52. The van der Waals surface area contributed by atoms with Crippen molar-refractivity contribution >= 4 is 29.3 Å². The van der Waals surface area contributed by atoms with Crippen LogP contribution in [0.1, 0.15) is 17.0 Å². The summed E-state index contributed by atoms with van der Waals surface area (Å²) in [6, 6.07) is 5.67. The van der Waals surface area contributed by atoms with Gasteiger partial charge in [0.05, 0.1) is 22.0 Å². The molecule has 0 bridgehead atoms. The maximum absolute atomic E-state index is 11.9. The fraction of sp³-hybridized carbons (Fsp3) is 0.235. The predicted octanol–water partition coefficient (Wildman–Crippen LogP) is 2.14. The zero-order valence-corrected chi connectivity index (χ0v) is 14.6. The molecule has 0 fully saturated rings.